The van der Waals surface area contributed by atoms with Crippen molar-refractivity contribution in [2.45, 2.75) is 13.5 Å². The molecule has 0 radical (unpaired) electrons. The Hall–Kier alpha value is -3.16. The molecule has 0 fully saturated rings. The molecule has 0 bridgehead atoms. The number of H-pyrrole nitrogens is 1. The fourth-order valence-electron chi connectivity index (χ4n) is 1.83. The fraction of sp³-hybridized carbons (Fsp3) is 0.200. The molecule has 0 spiro atoms. The summed E-state index contributed by atoms with van der Waals surface area (Å²) < 4.78 is 5.93. The molecule has 120 valence electrons. The number of nitrogens with one attached hydrogen (secondary N) is 2. The van der Waals surface area contributed by atoms with Gasteiger partial charge < -0.3 is 10.1 Å². The first-order valence-corrected chi connectivity index (χ1v) is 6.86. The molecule has 8 heteroatoms. The third-order valence-corrected chi connectivity index (χ3v) is 2.89. The van der Waals surface area contributed by atoms with Crippen LogP contribution in [0.15, 0.2) is 46.1 Å². The molecule has 1 aromatic heterocycles. The van der Waals surface area contributed by atoms with Gasteiger partial charge in [0.05, 0.1) is 12.2 Å². The minimum absolute atomic E-state index is 0.241. The van der Waals surface area contributed by atoms with Crippen LogP contribution in [0.2, 0.25) is 0 Å². The van der Waals surface area contributed by atoms with Gasteiger partial charge in [-0.1, -0.05) is 0 Å². The van der Waals surface area contributed by atoms with E-state index in [2.05, 4.69) is 10.3 Å². The maximum Gasteiger partial charge on any atom is 0.338 e. The average molecular weight is 317 g/mol. The van der Waals surface area contributed by atoms with Crippen LogP contribution in [0, 0.1) is 0 Å². The van der Waals surface area contributed by atoms with Gasteiger partial charge in [-0.3, -0.25) is 19.1 Å². The number of hydrogen-bond acceptors (Lipinski definition) is 5. The van der Waals surface area contributed by atoms with Crippen molar-refractivity contribution in [3.8, 4) is 0 Å². The molecule has 8 nitrogen and oxygen atoms in total. The molecule has 0 unspecified atom stereocenters. The average Bonchev–Trinajstić information content (AvgIpc) is 2.51. The van der Waals surface area contributed by atoms with E-state index in [9.17, 15) is 19.2 Å². The van der Waals surface area contributed by atoms with Crippen molar-refractivity contribution in [3.05, 3.63) is 62.9 Å². The number of carbonyl (C=O) groups excluding carboxylic acids is 2. The number of nitrogens with zero attached hydrogens (tertiary/aromatic N) is 1. The Balaban J connectivity index is 2.01. The lowest BCUT2D eigenvalue weighted by atomic mass is 10.2. The summed E-state index contributed by atoms with van der Waals surface area (Å²) in [5.41, 5.74) is -0.339. The summed E-state index contributed by atoms with van der Waals surface area (Å²) in [7, 11) is 0. The van der Waals surface area contributed by atoms with Gasteiger partial charge in [0.2, 0.25) is 5.91 Å². The summed E-state index contributed by atoms with van der Waals surface area (Å²) in [6.45, 7) is 1.76. The Kier molecular flexibility index (Phi) is 5.08. The van der Waals surface area contributed by atoms with Crippen LogP contribution in [0.5, 0.6) is 0 Å². The highest BCUT2D eigenvalue weighted by atomic mass is 16.5. The van der Waals surface area contributed by atoms with E-state index in [1.807, 2.05) is 0 Å². The Bertz CT molecular complexity index is 820. The van der Waals surface area contributed by atoms with E-state index < -0.39 is 23.1 Å². The van der Waals surface area contributed by atoms with Gasteiger partial charge in [-0.15, -0.1) is 0 Å². The number of carbonyl (C=O) groups is 2. The first kappa shape index (κ1) is 16.2. The third kappa shape index (κ3) is 4.40. The van der Waals surface area contributed by atoms with Crippen LogP contribution in [0.1, 0.15) is 17.3 Å². The number of rotatable bonds is 5. The molecule has 0 aliphatic heterocycles. The van der Waals surface area contributed by atoms with E-state index in [0.717, 1.165) is 10.6 Å². The van der Waals surface area contributed by atoms with Crippen LogP contribution in [-0.4, -0.2) is 28.0 Å². The second-order valence-corrected chi connectivity index (χ2v) is 4.58. The Morgan fingerprint density at radius 2 is 1.87 bits per heavy atom. The molecule has 2 aromatic rings. The molecule has 1 amide bonds. The summed E-state index contributed by atoms with van der Waals surface area (Å²) in [4.78, 5) is 47.9. The molecular weight excluding hydrogens is 302 g/mol. The highest BCUT2D eigenvalue weighted by Gasteiger charge is 2.08. The van der Waals surface area contributed by atoms with Gasteiger partial charge in [-0.25, -0.2) is 9.59 Å². The van der Waals surface area contributed by atoms with Crippen molar-refractivity contribution < 1.29 is 14.3 Å². The van der Waals surface area contributed by atoms with E-state index in [1.165, 1.54) is 18.3 Å². The van der Waals surface area contributed by atoms with Gasteiger partial charge in [-0.05, 0) is 31.2 Å². The quantitative estimate of drug-likeness (QED) is 0.773. The van der Waals surface area contributed by atoms with Gasteiger partial charge in [0.1, 0.15) is 6.54 Å². The number of benzene rings is 1. The van der Waals surface area contributed by atoms with Gasteiger partial charge in [0, 0.05) is 18.0 Å². The molecule has 23 heavy (non-hydrogen) atoms. The van der Waals surface area contributed by atoms with Crippen LogP contribution in [0.25, 0.3) is 0 Å². The van der Waals surface area contributed by atoms with E-state index in [0.29, 0.717) is 11.3 Å². The first-order valence-electron chi connectivity index (χ1n) is 6.86. The number of hydrogen-bond donors (Lipinski definition) is 2. The smallest absolute Gasteiger partial charge is 0.338 e. The summed E-state index contributed by atoms with van der Waals surface area (Å²) in [6, 6.07) is 7.32. The number of aromatic amines is 1. The predicted octanol–water partition coefficient (Wildman–Crippen LogP) is 0.352. The van der Waals surface area contributed by atoms with E-state index >= 15 is 0 Å². The van der Waals surface area contributed by atoms with Crippen LogP contribution in [0.3, 0.4) is 0 Å². The van der Waals surface area contributed by atoms with Gasteiger partial charge in [-0.2, -0.15) is 0 Å². The molecule has 0 aliphatic carbocycles. The summed E-state index contributed by atoms with van der Waals surface area (Å²) >= 11 is 0. The molecule has 1 aromatic carbocycles. The molecule has 0 aliphatic rings. The highest BCUT2D eigenvalue weighted by molar-refractivity contribution is 5.92. The number of esters is 1. The standard InChI is InChI=1S/C15H15N3O5/c1-2-23-14(21)10-3-5-11(6-4-10)16-13(20)9-18-8-7-12(19)17-15(18)22/h3-8H,2,9H2,1H3,(H,16,20)(H,17,19,22). The Morgan fingerprint density at radius 1 is 1.17 bits per heavy atom. The molecule has 1 heterocycles. The number of aromatic nitrogens is 2. The zero-order chi connectivity index (χ0) is 16.8. The largest absolute Gasteiger partial charge is 0.462 e. The predicted molar refractivity (Wildman–Crippen MR) is 82.4 cm³/mol. The lowest BCUT2D eigenvalue weighted by Gasteiger charge is -2.07. The van der Waals surface area contributed by atoms with Crippen LogP contribution in [0.4, 0.5) is 5.69 Å². The SMILES string of the molecule is CCOC(=O)c1ccc(NC(=O)Cn2ccc(=O)[nH]c2=O)cc1. The minimum atomic E-state index is -0.662. The zero-order valence-corrected chi connectivity index (χ0v) is 12.4. The molecular formula is C15H15N3O5. The molecule has 2 rings (SSSR count). The lowest BCUT2D eigenvalue weighted by molar-refractivity contribution is -0.116. The van der Waals surface area contributed by atoms with E-state index in [4.69, 9.17) is 4.74 Å². The number of anilines is 1. The Labute approximate surface area is 130 Å². The van der Waals surface area contributed by atoms with Gasteiger partial charge in [0.15, 0.2) is 0 Å². The van der Waals surface area contributed by atoms with Crippen molar-refractivity contribution in [3.63, 3.8) is 0 Å². The van der Waals surface area contributed by atoms with Gasteiger partial charge in [0.25, 0.3) is 5.56 Å². The summed E-state index contributed by atoms with van der Waals surface area (Å²) in [5.74, 6) is -0.881. The maximum atomic E-state index is 11.9. The monoisotopic (exact) mass is 317 g/mol. The fourth-order valence-corrected chi connectivity index (χ4v) is 1.83. The molecule has 2 N–H and O–H groups in total. The van der Waals surface area contributed by atoms with Crippen LogP contribution < -0.4 is 16.6 Å². The number of ether oxygens (including phenoxy) is 1. The van der Waals surface area contributed by atoms with E-state index in [-0.39, 0.29) is 13.2 Å². The minimum Gasteiger partial charge on any atom is -0.462 e. The molecule has 0 saturated carbocycles. The topological polar surface area (TPSA) is 110 Å². The lowest BCUT2D eigenvalue weighted by Crippen LogP contribution is -2.32. The van der Waals surface area contributed by atoms with Crippen molar-refractivity contribution >= 4 is 17.6 Å². The van der Waals surface area contributed by atoms with Crippen molar-refractivity contribution in [2.24, 2.45) is 0 Å². The normalized spacial score (nSPS) is 10.1. The molecule has 0 atom stereocenters. The molecule has 0 saturated heterocycles. The van der Waals surface area contributed by atoms with E-state index in [1.54, 1.807) is 19.1 Å². The number of amides is 1. The zero-order valence-electron chi connectivity index (χ0n) is 12.4. The van der Waals surface area contributed by atoms with Crippen LogP contribution in [-0.2, 0) is 16.1 Å². The Morgan fingerprint density at radius 3 is 2.48 bits per heavy atom. The highest BCUT2D eigenvalue weighted by Crippen LogP contribution is 2.10. The van der Waals surface area contributed by atoms with Gasteiger partial charge >= 0.3 is 11.7 Å². The van der Waals surface area contributed by atoms with Crippen molar-refractivity contribution in [1.82, 2.24) is 9.55 Å². The van der Waals surface area contributed by atoms with Crippen molar-refractivity contribution in [1.29, 1.82) is 0 Å². The second-order valence-electron chi connectivity index (χ2n) is 4.58. The summed E-state index contributed by atoms with van der Waals surface area (Å²) in [6.07, 6.45) is 1.24. The first-order chi connectivity index (χ1) is 11.0. The second kappa shape index (κ2) is 7.21. The van der Waals surface area contributed by atoms with Crippen LogP contribution >= 0.6 is 0 Å². The van der Waals surface area contributed by atoms with Crippen molar-refractivity contribution in [2.75, 3.05) is 11.9 Å². The summed E-state index contributed by atoms with van der Waals surface area (Å²) in [5, 5.41) is 2.59. The maximum absolute atomic E-state index is 11.9. The third-order valence-electron chi connectivity index (χ3n) is 2.89.